The Morgan fingerprint density at radius 1 is 0.714 bits per heavy atom. The van der Waals surface area contributed by atoms with Gasteiger partial charge in [-0.15, -0.1) is 42.3 Å². The zero-order valence-electron chi connectivity index (χ0n) is 20.1. The molecule has 5 rings (SSSR count). The Hall–Kier alpha value is -1.92. The Morgan fingerprint density at radius 3 is 1.83 bits per heavy atom. The third-order valence-corrected chi connectivity index (χ3v) is 6.18. The highest BCUT2D eigenvalue weighted by Gasteiger charge is 2.23. The molecule has 2 aliphatic rings. The number of hydrogen-bond acceptors (Lipinski definition) is 7. The van der Waals surface area contributed by atoms with Crippen molar-refractivity contribution in [2.75, 3.05) is 76.3 Å². The Balaban J connectivity index is 0.00000231. The van der Waals surface area contributed by atoms with Crippen molar-refractivity contribution in [2.45, 2.75) is 6.42 Å². The molecule has 0 spiro atoms. The van der Waals surface area contributed by atoms with Gasteiger partial charge in [-0.2, -0.15) is 14.5 Å². The second-order valence-corrected chi connectivity index (χ2v) is 8.46. The number of rotatable bonds is 4. The minimum absolute atomic E-state index is 0. The highest BCUT2D eigenvalue weighted by Crippen LogP contribution is 2.24. The second-order valence-electron chi connectivity index (χ2n) is 8.46. The molecule has 35 heavy (non-hydrogen) atoms. The first-order chi connectivity index (χ1) is 14.7. The van der Waals surface area contributed by atoms with E-state index in [1.807, 2.05) is 10.6 Å². The maximum atomic E-state index is 4.92. The second kappa shape index (κ2) is 14.6. The molecule has 2 aliphatic heterocycles. The molecule has 2 saturated heterocycles. The Labute approximate surface area is 225 Å². The average molecular weight is 552 g/mol. The summed E-state index contributed by atoms with van der Waals surface area (Å²) in [5, 5.41) is 4.86. The maximum Gasteiger partial charge on any atom is 0.256 e. The number of fused-ring (bicyclic) bond motifs is 1. The van der Waals surface area contributed by atoms with Crippen LogP contribution in [0.4, 0.5) is 11.6 Å². The van der Waals surface area contributed by atoms with Crippen molar-refractivity contribution in [1.29, 1.82) is 0 Å². The van der Waals surface area contributed by atoms with Gasteiger partial charge in [-0.25, -0.2) is 0 Å². The summed E-state index contributed by atoms with van der Waals surface area (Å²) in [5.41, 5.74) is 1.22. The quantitative estimate of drug-likeness (QED) is 0.471. The van der Waals surface area contributed by atoms with Crippen LogP contribution in [0.2, 0.25) is 0 Å². The number of hydrogen-bond donors (Lipinski definition) is 0. The topological polar surface area (TPSA) is 119 Å². The number of piperazine rings is 2. The van der Waals surface area contributed by atoms with E-state index in [0.29, 0.717) is 5.78 Å². The van der Waals surface area contributed by atoms with E-state index in [-0.39, 0.29) is 48.2 Å². The van der Waals surface area contributed by atoms with E-state index in [1.165, 1.54) is 5.56 Å². The predicted octanol–water partition coefficient (Wildman–Crippen LogP) is 0.835. The van der Waals surface area contributed by atoms with E-state index in [2.05, 4.69) is 64.0 Å². The largest absolute Gasteiger partial charge is 0.412 e. The van der Waals surface area contributed by atoms with Crippen LogP contribution in [-0.2, 0) is 6.42 Å². The number of anilines is 2. The fraction of sp³-hybridized carbons (Fsp3) is 0.500. The molecule has 10 nitrogen and oxygen atoms in total. The van der Waals surface area contributed by atoms with Gasteiger partial charge in [0.05, 0.1) is 0 Å². The van der Waals surface area contributed by atoms with Crippen LogP contribution < -0.4 is 9.80 Å². The van der Waals surface area contributed by atoms with E-state index in [9.17, 15) is 0 Å². The van der Waals surface area contributed by atoms with Crippen molar-refractivity contribution in [3.8, 4) is 0 Å². The minimum atomic E-state index is 0. The molecule has 1 aromatic carbocycles. The molecule has 3 aromatic rings. The van der Waals surface area contributed by atoms with Crippen LogP contribution in [0.5, 0.6) is 0 Å². The lowest BCUT2D eigenvalue weighted by Gasteiger charge is -2.36. The van der Waals surface area contributed by atoms with Crippen LogP contribution in [0, 0.1) is 0 Å². The number of nitrogens with zero attached hydrogens (tertiary/aromatic N) is 8. The van der Waals surface area contributed by atoms with Gasteiger partial charge in [-0.1, -0.05) is 30.3 Å². The lowest BCUT2D eigenvalue weighted by Crippen LogP contribution is -2.46. The highest BCUT2D eigenvalue weighted by atomic mass is 35.5. The molecule has 0 radical (unpaired) electrons. The van der Waals surface area contributed by atoms with Gasteiger partial charge in [-0.3, -0.25) is 0 Å². The standard InChI is InChI=1S/C22H30N8.3ClH.2H2O/c1-26-8-12-28(13-9-26)20-17-21(29-14-10-27(2)11-15-29)30-22(24-20)23-19(25-30)16-18-6-4-3-5-7-18;;;;;/h3-7,17H,8-16H2,1-2H3;3*1H;2*1H2. The molecule has 0 bridgehead atoms. The number of likely N-dealkylation sites (N-methyl/N-ethyl adjacent to an activating group) is 2. The van der Waals surface area contributed by atoms with Gasteiger partial charge in [0.2, 0.25) is 0 Å². The fourth-order valence-electron chi connectivity index (χ4n) is 4.19. The summed E-state index contributed by atoms with van der Waals surface area (Å²) in [6.07, 6.45) is 0.718. The molecule has 13 heteroatoms. The predicted molar refractivity (Wildman–Crippen MR) is 148 cm³/mol. The van der Waals surface area contributed by atoms with Crippen molar-refractivity contribution in [3.05, 3.63) is 47.8 Å². The van der Waals surface area contributed by atoms with E-state index in [0.717, 1.165) is 76.2 Å². The summed E-state index contributed by atoms with van der Waals surface area (Å²) in [5.74, 6) is 3.64. The third kappa shape index (κ3) is 7.53. The third-order valence-electron chi connectivity index (χ3n) is 6.18. The van der Waals surface area contributed by atoms with Crippen LogP contribution in [0.1, 0.15) is 11.4 Å². The van der Waals surface area contributed by atoms with Gasteiger partial charge in [-0.05, 0) is 19.7 Å². The van der Waals surface area contributed by atoms with Gasteiger partial charge in [0.25, 0.3) is 5.78 Å². The normalized spacial score (nSPS) is 16.3. The smallest absolute Gasteiger partial charge is 0.256 e. The molecule has 4 N–H and O–H groups in total. The van der Waals surface area contributed by atoms with Gasteiger partial charge >= 0.3 is 0 Å². The number of aromatic nitrogens is 4. The van der Waals surface area contributed by atoms with Crippen molar-refractivity contribution < 1.29 is 11.0 Å². The highest BCUT2D eigenvalue weighted by molar-refractivity contribution is 5.86. The van der Waals surface area contributed by atoms with Crippen LogP contribution >= 0.6 is 37.2 Å². The summed E-state index contributed by atoms with van der Waals surface area (Å²) >= 11 is 0. The van der Waals surface area contributed by atoms with E-state index >= 15 is 0 Å². The number of halogens is 3. The first kappa shape index (κ1) is 33.1. The Bertz CT molecular complexity index is 1010. The summed E-state index contributed by atoms with van der Waals surface area (Å²) < 4.78 is 1.95. The molecule has 2 fully saturated rings. The van der Waals surface area contributed by atoms with E-state index in [1.54, 1.807) is 0 Å². The SMILES string of the molecule is CN1CCN(c2cc(N3CCN(C)CC3)n3nc(Cc4ccccc4)nc3n2)CC1.Cl.Cl.Cl.O.O. The monoisotopic (exact) mass is 550 g/mol. The van der Waals surface area contributed by atoms with E-state index in [4.69, 9.17) is 15.1 Å². The zero-order chi connectivity index (χ0) is 20.5. The van der Waals surface area contributed by atoms with E-state index < -0.39 is 0 Å². The first-order valence-electron chi connectivity index (χ1n) is 10.8. The van der Waals surface area contributed by atoms with Crippen LogP contribution in [0.3, 0.4) is 0 Å². The minimum Gasteiger partial charge on any atom is -0.412 e. The molecule has 198 valence electrons. The lowest BCUT2D eigenvalue weighted by atomic mass is 10.1. The lowest BCUT2D eigenvalue weighted by molar-refractivity contribution is 0.310. The van der Waals surface area contributed by atoms with Gasteiger partial charge in [0.1, 0.15) is 11.6 Å². The van der Waals surface area contributed by atoms with Gasteiger partial charge in [0, 0.05) is 64.8 Å². The molecule has 0 amide bonds. The Kier molecular flexibility index (Phi) is 13.8. The van der Waals surface area contributed by atoms with Crippen LogP contribution in [-0.4, -0.2) is 107 Å². The Morgan fingerprint density at radius 2 is 1.26 bits per heavy atom. The maximum absolute atomic E-state index is 4.92. The molecule has 0 atom stereocenters. The fourth-order valence-corrected chi connectivity index (χ4v) is 4.19. The number of benzene rings is 1. The molecule has 0 aliphatic carbocycles. The van der Waals surface area contributed by atoms with Crippen molar-refractivity contribution >= 4 is 54.6 Å². The molecule has 2 aromatic heterocycles. The summed E-state index contributed by atoms with van der Waals surface area (Å²) in [4.78, 5) is 19.3. The average Bonchev–Trinajstić information content (AvgIpc) is 3.17. The summed E-state index contributed by atoms with van der Waals surface area (Å²) in [6.45, 7) is 8.20. The van der Waals surface area contributed by atoms with Crippen molar-refractivity contribution in [2.24, 2.45) is 0 Å². The van der Waals surface area contributed by atoms with Crippen molar-refractivity contribution in [3.63, 3.8) is 0 Å². The summed E-state index contributed by atoms with van der Waals surface area (Å²) in [7, 11) is 4.36. The molecule has 0 saturated carbocycles. The van der Waals surface area contributed by atoms with Crippen LogP contribution in [0.15, 0.2) is 36.4 Å². The molecular weight excluding hydrogens is 515 g/mol. The van der Waals surface area contributed by atoms with Crippen molar-refractivity contribution in [1.82, 2.24) is 29.4 Å². The molecule has 0 unspecified atom stereocenters. The van der Waals surface area contributed by atoms with Crippen LogP contribution in [0.25, 0.3) is 5.78 Å². The van der Waals surface area contributed by atoms with Gasteiger partial charge < -0.3 is 30.6 Å². The molecular formula is C22H37Cl3N8O2. The van der Waals surface area contributed by atoms with Gasteiger partial charge in [0.15, 0.2) is 5.82 Å². The zero-order valence-corrected chi connectivity index (χ0v) is 22.6. The summed E-state index contributed by atoms with van der Waals surface area (Å²) in [6, 6.07) is 12.6. The molecule has 4 heterocycles. The first-order valence-corrected chi connectivity index (χ1v) is 10.8.